The number of ether oxygens (including phenoxy) is 1. The molecule has 1 N–H and O–H groups in total. The first-order chi connectivity index (χ1) is 12.2. The van der Waals surface area contributed by atoms with E-state index in [1.165, 1.54) is 16.9 Å². The van der Waals surface area contributed by atoms with Gasteiger partial charge in [0.2, 0.25) is 0 Å². The predicted octanol–water partition coefficient (Wildman–Crippen LogP) is 5.57. The maximum Gasteiger partial charge on any atom is 0.264 e. The number of benzene rings is 2. The number of carbonyl (C=O) groups is 1. The Balaban J connectivity index is 1.66. The second-order valence-corrected chi connectivity index (χ2v) is 8.64. The predicted molar refractivity (Wildman–Crippen MR) is 109 cm³/mol. The lowest BCUT2D eigenvalue weighted by molar-refractivity contribution is -0.118. The highest BCUT2D eigenvalue weighted by molar-refractivity contribution is 7.22. The lowest BCUT2D eigenvalue weighted by Crippen LogP contribution is -2.20. The average molecular weight is 389 g/mol. The summed E-state index contributed by atoms with van der Waals surface area (Å²) in [5, 5.41) is 4.05. The molecule has 2 aromatic carbocycles. The number of aryl methyl sites for hydroxylation is 1. The SMILES string of the molecule is Cc1cc(OCC(=O)Nc2nc3ccc(C(C)(C)C)cc3s2)ccc1Cl. The van der Waals surface area contributed by atoms with Crippen LogP contribution in [0.3, 0.4) is 0 Å². The molecule has 0 radical (unpaired) electrons. The molecule has 0 saturated heterocycles. The molecular weight excluding hydrogens is 368 g/mol. The topological polar surface area (TPSA) is 51.2 Å². The Bertz CT molecular complexity index is 960. The molecule has 0 unspecified atom stereocenters. The van der Waals surface area contributed by atoms with Crippen molar-refractivity contribution in [3.05, 3.63) is 52.5 Å². The number of thiazole rings is 1. The molecule has 3 rings (SSSR count). The van der Waals surface area contributed by atoms with Crippen LogP contribution >= 0.6 is 22.9 Å². The van der Waals surface area contributed by atoms with Gasteiger partial charge in [-0.05, 0) is 53.8 Å². The molecule has 0 atom stereocenters. The highest BCUT2D eigenvalue weighted by atomic mass is 35.5. The normalized spacial score (nSPS) is 11.6. The van der Waals surface area contributed by atoms with Crippen molar-refractivity contribution in [1.82, 2.24) is 4.98 Å². The molecule has 4 nitrogen and oxygen atoms in total. The smallest absolute Gasteiger partial charge is 0.264 e. The lowest BCUT2D eigenvalue weighted by atomic mass is 9.87. The van der Waals surface area contributed by atoms with Crippen LogP contribution in [0.15, 0.2) is 36.4 Å². The number of anilines is 1. The van der Waals surface area contributed by atoms with Crippen molar-refractivity contribution in [1.29, 1.82) is 0 Å². The number of nitrogens with zero attached hydrogens (tertiary/aromatic N) is 1. The summed E-state index contributed by atoms with van der Waals surface area (Å²) in [5.41, 5.74) is 3.11. The molecule has 3 aromatic rings. The second-order valence-electron chi connectivity index (χ2n) is 7.20. The summed E-state index contributed by atoms with van der Waals surface area (Å²) in [6.45, 7) is 8.33. The third-order valence-electron chi connectivity index (χ3n) is 4.00. The maximum atomic E-state index is 12.1. The summed E-state index contributed by atoms with van der Waals surface area (Å²) in [6.07, 6.45) is 0. The van der Waals surface area contributed by atoms with Crippen LogP contribution < -0.4 is 10.1 Å². The standard InChI is InChI=1S/C20H21ClN2O2S/c1-12-9-14(6-7-15(12)21)25-11-18(24)23-19-22-16-8-5-13(20(2,3)4)10-17(16)26-19/h5-10H,11H2,1-4H3,(H,22,23,24). The van der Waals surface area contributed by atoms with Crippen molar-refractivity contribution < 1.29 is 9.53 Å². The fourth-order valence-electron chi connectivity index (χ4n) is 2.46. The fourth-order valence-corrected chi connectivity index (χ4v) is 3.49. The van der Waals surface area contributed by atoms with Crippen LogP contribution in [0.2, 0.25) is 5.02 Å². The number of amides is 1. The molecule has 0 bridgehead atoms. The van der Waals surface area contributed by atoms with Crippen LogP contribution in [0, 0.1) is 6.92 Å². The summed E-state index contributed by atoms with van der Waals surface area (Å²) in [7, 11) is 0. The van der Waals surface area contributed by atoms with Gasteiger partial charge in [0.1, 0.15) is 5.75 Å². The zero-order valence-corrected chi connectivity index (χ0v) is 16.8. The van der Waals surface area contributed by atoms with Crippen molar-refractivity contribution in [2.24, 2.45) is 0 Å². The number of nitrogens with one attached hydrogen (secondary N) is 1. The van der Waals surface area contributed by atoms with Gasteiger partial charge in [-0.2, -0.15) is 0 Å². The molecule has 0 fully saturated rings. The zero-order valence-electron chi connectivity index (χ0n) is 15.2. The number of fused-ring (bicyclic) bond motifs is 1. The van der Waals surface area contributed by atoms with Crippen molar-refractivity contribution in [2.75, 3.05) is 11.9 Å². The molecule has 0 aliphatic carbocycles. The summed E-state index contributed by atoms with van der Waals surface area (Å²) >= 11 is 7.45. The van der Waals surface area contributed by atoms with Crippen LogP contribution in [-0.4, -0.2) is 17.5 Å². The van der Waals surface area contributed by atoms with Gasteiger partial charge in [-0.25, -0.2) is 4.98 Å². The van der Waals surface area contributed by atoms with E-state index in [0.717, 1.165) is 15.8 Å². The highest BCUT2D eigenvalue weighted by Crippen LogP contribution is 2.31. The zero-order chi connectivity index (χ0) is 18.9. The molecule has 0 spiro atoms. The molecule has 26 heavy (non-hydrogen) atoms. The van der Waals surface area contributed by atoms with Gasteiger partial charge in [-0.15, -0.1) is 0 Å². The summed E-state index contributed by atoms with van der Waals surface area (Å²) in [4.78, 5) is 16.6. The van der Waals surface area contributed by atoms with Crippen molar-refractivity contribution in [3.63, 3.8) is 0 Å². The van der Waals surface area contributed by atoms with E-state index in [2.05, 4.69) is 43.2 Å². The molecular formula is C20H21ClN2O2S. The largest absolute Gasteiger partial charge is 0.484 e. The minimum Gasteiger partial charge on any atom is -0.484 e. The van der Waals surface area contributed by atoms with Gasteiger partial charge in [-0.3, -0.25) is 10.1 Å². The first-order valence-electron chi connectivity index (χ1n) is 8.32. The van der Waals surface area contributed by atoms with Crippen LogP contribution in [0.1, 0.15) is 31.9 Å². The van der Waals surface area contributed by atoms with Crippen molar-refractivity contribution >= 4 is 44.2 Å². The Morgan fingerprint density at radius 2 is 2.00 bits per heavy atom. The Labute approximate surface area is 162 Å². The Morgan fingerprint density at radius 3 is 2.69 bits per heavy atom. The van der Waals surface area contributed by atoms with Gasteiger partial charge >= 0.3 is 0 Å². The summed E-state index contributed by atoms with van der Waals surface area (Å²) in [5.74, 6) is 0.369. The highest BCUT2D eigenvalue weighted by Gasteiger charge is 2.15. The fraction of sp³-hybridized carbons (Fsp3) is 0.300. The quantitative estimate of drug-likeness (QED) is 0.635. The minimum absolute atomic E-state index is 0.0755. The maximum absolute atomic E-state index is 12.1. The Morgan fingerprint density at radius 1 is 1.23 bits per heavy atom. The van der Waals surface area contributed by atoms with Crippen LogP contribution in [-0.2, 0) is 10.2 Å². The molecule has 1 heterocycles. The van der Waals surface area contributed by atoms with Gasteiger partial charge < -0.3 is 4.74 Å². The van der Waals surface area contributed by atoms with Gasteiger partial charge in [0.25, 0.3) is 5.91 Å². The van der Waals surface area contributed by atoms with Gasteiger partial charge in [0.05, 0.1) is 10.2 Å². The summed E-state index contributed by atoms with van der Waals surface area (Å²) < 4.78 is 6.58. The molecule has 0 saturated carbocycles. The monoisotopic (exact) mass is 388 g/mol. The molecule has 6 heteroatoms. The van der Waals surface area contributed by atoms with Gasteiger partial charge in [0.15, 0.2) is 11.7 Å². The van der Waals surface area contributed by atoms with Crippen molar-refractivity contribution in [3.8, 4) is 5.75 Å². The van der Waals surface area contributed by atoms with Gasteiger partial charge in [0, 0.05) is 5.02 Å². The number of hydrogen-bond donors (Lipinski definition) is 1. The van der Waals surface area contributed by atoms with E-state index in [4.69, 9.17) is 16.3 Å². The molecule has 136 valence electrons. The second kappa shape index (κ2) is 7.25. The molecule has 0 aliphatic heterocycles. The number of rotatable bonds is 4. The van der Waals surface area contributed by atoms with E-state index in [1.807, 2.05) is 13.0 Å². The van der Waals surface area contributed by atoms with Gasteiger partial charge in [-0.1, -0.05) is 49.8 Å². The summed E-state index contributed by atoms with van der Waals surface area (Å²) in [6, 6.07) is 11.5. The van der Waals surface area contributed by atoms with Crippen LogP contribution in [0.25, 0.3) is 10.2 Å². The van der Waals surface area contributed by atoms with Crippen LogP contribution in [0.5, 0.6) is 5.75 Å². The lowest BCUT2D eigenvalue weighted by Gasteiger charge is -2.18. The van der Waals surface area contributed by atoms with E-state index < -0.39 is 0 Å². The van der Waals surface area contributed by atoms with E-state index in [9.17, 15) is 4.79 Å². The van der Waals surface area contributed by atoms with Crippen molar-refractivity contribution in [2.45, 2.75) is 33.1 Å². The minimum atomic E-state index is -0.243. The molecule has 1 aromatic heterocycles. The van der Waals surface area contributed by atoms with E-state index >= 15 is 0 Å². The number of halogens is 1. The molecule has 1 amide bonds. The molecule has 0 aliphatic rings. The third-order valence-corrected chi connectivity index (χ3v) is 5.36. The Hall–Kier alpha value is -2.11. The third kappa shape index (κ3) is 4.34. The Kier molecular flexibility index (Phi) is 5.21. The van der Waals surface area contributed by atoms with E-state index in [-0.39, 0.29) is 17.9 Å². The van der Waals surface area contributed by atoms with E-state index in [0.29, 0.717) is 15.9 Å². The number of hydrogen-bond acceptors (Lipinski definition) is 4. The van der Waals surface area contributed by atoms with E-state index in [1.54, 1.807) is 18.2 Å². The first-order valence-corrected chi connectivity index (χ1v) is 9.52. The average Bonchev–Trinajstić information content (AvgIpc) is 2.96. The number of carbonyl (C=O) groups excluding carboxylic acids is 1. The van der Waals surface area contributed by atoms with Crippen LogP contribution in [0.4, 0.5) is 5.13 Å². The number of aromatic nitrogens is 1. The first kappa shape index (κ1) is 18.7.